The number of rotatable bonds is 11. The monoisotopic (exact) mass is 419 g/mol. The van der Waals surface area contributed by atoms with Crippen molar-refractivity contribution in [2.45, 2.75) is 104 Å². The van der Waals surface area contributed by atoms with Gasteiger partial charge < -0.3 is 0 Å². The fourth-order valence-electron chi connectivity index (χ4n) is 5.99. The molecule has 166 valence electrons. The van der Waals surface area contributed by atoms with E-state index in [2.05, 4.69) is 88.3 Å². The van der Waals surface area contributed by atoms with Crippen molar-refractivity contribution in [2.24, 2.45) is 0 Å². The molecule has 0 aromatic heterocycles. The molecule has 1 fully saturated rings. The van der Waals surface area contributed by atoms with Gasteiger partial charge in [-0.15, -0.1) is 0 Å². The minimum Gasteiger partial charge on any atom is -0.252 e. The molecular formula is C26H48N2P+. The van der Waals surface area contributed by atoms with Crippen molar-refractivity contribution in [3.05, 3.63) is 30.3 Å². The Hall–Kier alpha value is -0.430. The Labute approximate surface area is 182 Å². The summed E-state index contributed by atoms with van der Waals surface area (Å²) in [5, 5.41) is 1.62. The van der Waals surface area contributed by atoms with Gasteiger partial charge in [0.15, 0.2) is 0 Å². The summed E-state index contributed by atoms with van der Waals surface area (Å²) in [6.45, 7) is 18.2. The summed E-state index contributed by atoms with van der Waals surface area (Å²) in [5.74, 6) is 0. The molecule has 1 saturated heterocycles. The zero-order chi connectivity index (χ0) is 21.5. The van der Waals surface area contributed by atoms with E-state index in [1.807, 2.05) is 0 Å². The molecule has 0 bridgehead atoms. The van der Waals surface area contributed by atoms with Crippen LogP contribution in [0.15, 0.2) is 30.3 Å². The highest BCUT2D eigenvalue weighted by atomic mass is 31.2. The van der Waals surface area contributed by atoms with Crippen LogP contribution in [0.25, 0.3) is 0 Å². The van der Waals surface area contributed by atoms with Gasteiger partial charge >= 0.3 is 0 Å². The Balaban J connectivity index is 2.53. The Bertz CT molecular complexity index is 562. The predicted octanol–water partition coefficient (Wildman–Crippen LogP) is 7.17. The van der Waals surface area contributed by atoms with Gasteiger partial charge in [-0.3, -0.25) is 9.80 Å². The van der Waals surface area contributed by atoms with Gasteiger partial charge in [-0.1, -0.05) is 72.6 Å². The van der Waals surface area contributed by atoms with Gasteiger partial charge in [-0.05, 0) is 50.7 Å². The highest BCUT2D eigenvalue weighted by Gasteiger charge is 2.51. The third-order valence-electron chi connectivity index (χ3n) is 8.09. The maximum Gasteiger partial charge on any atom is 0.119 e. The summed E-state index contributed by atoms with van der Waals surface area (Å²) in [7, 11) is -1.27. The second-order valence-corrected chi connectivity index (χ2v) is 13.5. The standard InChI is InChI=1S/C26H48N2P/c1-8-19-25(10-3,11-4)27-21-28(26(12-5,13-6)20-9-2)23-29(7,22-27)24-17-15-14-16-18-24/h14-18H,8-13,19-23H2,1-7H3/q+1. The van der Waals surface area contributed by atoms with Crippen molar-refractivity contribution in [3.63, 3.8) is 0 Å². The molecule has 1 aliphatic rings. The van der Waals surface area contributed by atoms with Crippen molar-refractivity contribution in [3.8, 4) is 0 Å². The second-order valence-electron chi connectivity index (χ2n) is 9.60. The van der Waals surface area contributed by atoms with Crippen LogP contribution in [0.5, 0.6) is 0 Å². The van der Waals surface area contributed by atoms with Gasteiger partial charge in [0.1, 0.15) is 12.6 Å². The lowest BCUT2D eigenvalue weighted by Crippen LogP contribution is -2.62. The van der Waals surface area contributed by atoms with Crippen molar-refractivity contribution >= 4 is 12.6 Å². The van der Waals surface area contributed by atoms with Gasteiger partial charge in [0.05, 0.1) is 25.9 Å². The largest absolute Gasteiger partial charge is 0.252 e. The van der Waals surface area contributed by atoms with Crippen molar-refractivity contribution < 1.29 is 0 Å². The summed E-state index contributed by atoms with van der Waals surface area (Å²) >= 11 is 0. The molecule has 0 N–H and O–H groups in total. The van der Waals surface area contributed by atoms with E-state index in [9.17, 15) is 0 Å². The fourth-order valence-corrected chi connectivity index (χ4v) is 9.59. The van der Waals surface area contributed by atoms with Crippen molar-refractivity contribution in [2.75, 3.05) is 25.9 Å². The molecule has 0 saturated carbocycles. The van der Waals surface area contributed by atoms with E-state index in [4.69, 9.17) is 0 Å². The van der Waals surface area contributed by atoms with Crippen molar-refractivity contribution in [1.82, 2.24) is 9.80 Å². The van der Waals surface area contributed by atoms with Crippen LogP contribution in [0, 0.1) is 0 Å². The molecule has 0 unspecified atom stereocenters. The third kappa shape index (κ3) is 5.08. The number of hydrogen-bond acceptors (Lipinski definition) is 2. The van der Waals surface area contributed by atoms with Gasteiger partial charge in [0.25, 0.3) is 0 Å². The van der Waals surface area contributed by atoms with E-state index in [-0.39, 0.29) is 0 Å². The zero-order valence-electron chi connectivity index (χ0n) is 20.5. The molecule has 1 heterocycles. The lowest BCUT2D eigenvalue weighted by atomic mass is 9.84. The third-order valence-corrected chi connectivity index (χ3v) is 11.6. The van der Waals surface area contributed by atoms with Crippen LogP contribution in [-0.2, 0) is 0 Å². The molecule has 0 aliphatic carbocycles. The second kappa shape index (κ2) is 10.7. The quantitative estimate of drug-likeness (QED) is 0.351. The van der Waals surface area contributed by atoms with Gasteiger partial charge in [-0.25, -0.2) is 0 Å². The van der Waals surface area contributed by atoms with Crippen LogP contribution in [0.4, 0.5) is 0 Å². The number of benzene rings is 1. The highest BCUT2D eigenvalue weighted by Crippen LogP contribution is 2.60. The summed E-state index contributed by atoms with van der Waals surface area (Å²) in [6.07, 6.45) is 12.8. The minimum absolute atomic E-state index is 0.350. The number of nitrogens with zero attached hydrogens (tertiary/aromatic N) is 2. The first-order chi connectivity index (χ1) is 13.9. The van der Waals surface area contributed by atoms with Crippen LogP contribution < -0.4 is 5.30 Å². The SMILES string of the molecule is CCCC(CC)(CC)N1CN(C(CC)(CC)CCC)C[P+](C)(c2ccccc2)C1. The highest BCUT2D eigenvalue weighted by molar-refractivity contribution is 7.82. The molecule has 3 heteroatoms. The van der Waals surface area contributed by atoms with Gasteiger partial charge in [-0.2, -0.15) is 0 Å². The molecule has 1 aromatic rings. The molecule has 0 atom stereocenters. The molecule has 0 radical (unpaired) electrons. The molecule has 2 nitrogen and oxygen atoms in total. The first-order valence-corrected chi connectivity index (χ1v) is 14.9. The van der Waals surface area contributed by atoms with Crippen LogP contribution in [0.2, 0.25) is 0 Å². The van der Waals surface area contributed by atoms with E-state index >= 15 is 0 Å². The zero-order valence-corrected chi connectivity index (χ0v) is 21.4. The average Bonchev–Trinajstić information content (AvgIpc) is 2.76. The molecule has 0 spiro atoms. The fraction of sp³-hybridized carbons (Fsp3) is 0.769. The van der Waals surface area contributed by atoms with E-state index in [1.54, 1.807) is 5.30 Å². The number of hydrogen-bond donors (Lipinski definition) is 0. The van der Waals surface area contributed by atoms with Gasteiger partial charge in [0, 0.05) is 11.1 Å². The van der Waals surface area contributed by atoms with Crippen LogP contribution >= 0.6 is 7.26 Å². The van der Waals surface area contributed by atoms with E-state index < -0.39 is 7.26 Å². The van der Waals surface area contributed by atoms with Crippen LogP contribution in [0.1, 0.15) is 92.9 Å². The normalized spacial score (nSPS) is 18.9. The van der Waals surface area contributed by atoms with Crippen LogP contribution in [-0.4, -0.2) is 46.8 Å². The average molecular weight is 420 g/mol. The predicted molar refractivity (Wildman–Crippen MR) is 134 cm³/mol. The lowest BCUT2D eigenvalue weighted by Gasteiger charge is -2.55. The molecule has 29 heavy (non-hydrogen) atoms. The van der Waals surface area contributed by atoms with E-state index in [0.717, 1.165) is 6.67 Å². The Morgan fingerprint density at radius 1 is 0.724 bits per heavy atom. The van der Waals surface area contributed by atoms with Crippen molar-refractivity contribution in [1.29, 1.82) is 0 Å². The molecular weight excluding hydrogens is 371 g/mol. The van der Waals surface area contributed by atoms with E-state index in [1.165, 1.54) is 63.9 Å². The Kier molecular flexibility index (Phi) is 9.20. The Morgan fingerprint density at radius 3 is 1.48 bits per heavy atom. The summed E-state index contributed by atoms with van der Waals surface area (Å²) in [5.41, 5.74) is 0.700. The molecule has 0 amide bonds. The maximum absolute atomic E-state index is 2.94. The van der Waals surface area contributed by atoms with E-state index in [0.29, 0.717) is 11.1 Å². The minimum atomic E-state index is -1.27. The summed E-state index contributed by atoms with van der Waals surface area (Å²) in [4.78, 5) is 5.88. The molecule has 1 aromatic carbocycles. The smallest absolute Gasteiger partial charge is 0.119 e. The first-order valence-electron chi connectivity index (χ1n) is 12.3. The topological polar surface area (TPSA) is 6.48 Å². The Morgan fingerprint density at radius 2 is 1.14 bits per heavy atom. The van der Waals surface area contributed by atoms with Crippen LogP contribution in [0.3, 0.4) is 0 Å². The van der Waals surface area contributed by atoms with Gasteiger partial charge in [0.2, 0.25) is 0 Å². The lowest BCUT2D eigenvalue weighted by molar-refractivity contribution is -0.0288. The maximum atomic E-state index is 2.94. The first kappa shape index (κ1) is 24.8. The molecule has 2 rings (SSSR count). The summed E-state index contributed by atoms with van der Waals surface area (Å²) in [6, 6.07) is 11.5. The summed E-state index contributed by atoms with van der Waals surface area (Å²) < 4.78 is 0. The molecule has 1 aliphatic heterocycles.